The lowest BCUT2D eigenvalue weighted by Crippen LogP contribution is -2.42. The molecule has 0 bridgehead atoms. The van der Waals surface area contributed by atoms with E-state index in [-0.39, 0.29) is 43.1 Å². The molecular weight excluding hydrogens is 592 g/mol. The number of unbranched alkanes of at least 4 members (excludes halogenated alkanes) is 3. The molecule has 2 aromatic rings. The van der Waals surface area contributed by atoms with Crippen LogP contribution in [0.25, 0.3) is 11.0 Å². The van der Waals surface area contributed by atoms with Gasteiger partial charge in [0.15, 0.2) is 5.75 Å². The predicted octanol–water partition coefficient (Wildman–Crippen LogP) is 7.29. The highest BCUT2D eigenvalue weighted by molar-refractivity contribution is 6.06. The zero-order chi connectivity index (χ0) is 32.6. The number of carbonyl (C=O) groups excluding carboxylic acids is 2. The molecule has 0 amide bonds. The third kappa shape index (κ3) is 11.8. The van der Waals surface area contributed by atoms with Crippen LogP contribution >= 0.6 is 0 Å². The van der Waals surface area contributed by atoms with E-state index in [9.17, 15) is 14.1 Å². The molecule has 248 valence electrons. The minimum absolute atomic E-state index is 0.130. The van der Waals surface area contributed by atoms with E-state index in [2.05, 4.69) is 20.1 Å². The van der Waals surface area contributed by atoms with Crippen LogP contribution in [0.15, 0.2) is 53.2 Å². The first-order chi connectivity index (χ1) is 21.7. The van der Waals surface area contributed by atoms with Crippen molar-refractivity contribution in [1.82, 2.24) is 0 Å². The van der Waals surface area contributed by atoms with E-state index in [0.29, 0.717) is 60.2 Å². The third-order valence-electron chi connectivity index (χ3n) is 8.33. The van der Waals surface area contributed by atoms with Crippen LogP contribution in [0.2, 0.25) is 0 Å². The van der Waals surface area contributed by atoms with Gasteiger partial charge in [0.1, 0.15) is 23.7 Å². The minimum atomic E-state index is -1.17. The average molecular weight is 643 g/mol. The second-order valence-corrected chi connectivity index (χ2v) is 12.7. The number of hydrogen-bond donors (Lipinski definition) is 0. The van der Waals surface area contributed by atoms with Crippen molar-refractivity contribution >= 4 is 32.6 Å². The van der Waals surface area contributed by atoms with Crippen LogP contribution in [0, 0.1) is 17.8 Å². The number of esters is 2. The molecule has 0 saturated heterocycles. The van der Waals surface area contributed by atoms with Crippen molar-refractivity contribution in [2.45, 2.75) is 91.1 Å². The van der Waals surface area contributed by atoms with E-state index in [1.54, 1.807) is 20.1 Å². The zero-order valence-electron chi connectivity index (χ0n) is 27.2. The molecule has 1 aromatic carbocycles. The van der Waals surface area contributed by atoms with Gasteiger partial charge in [0.05, 0.1) is 31.8 Å². The van der Waals surface area contributed by atoms with Gasteiger partial charge in [-0.05, 0) is 82.3 Å². The fraction of sp³-hybridized carbons (Fsp3) is 0.600. The van der Waals surface area contributed by atoms with Crippen molar-refractivity contribution in [3.63, 3.8) is 0 Å². The van der Waals surface area contributed by atoms with E-state index in [1.807, 2.05) is 18.2 Å². The summed E-state index contributed by atoms with van der Waals surface area (Å²) in [5.41, 5.74) is 1.42. The van der Waals surface area contributed by atoms with E-state index >= 15 is 0 Å². The molecule has 0 N–H and O–H groups in total. The Hall–Kier alpha value is -3.40. The quantitative estimate of drug-likeness (QED) is 0.0600. The fourth-order valence-corrected chi connectivity index (χ4v) is 6.23. The first-order valence-electron chi connectivity index (χ1n) is 16.2. The highest BCUT2D eigenvalue weighted by Crippen LogP contribution is 2.43. The van der Waals surface area contributed by atoms with Crippen LogP contribution in [0.3, 0.4) is 0 Å². The first kappa shape index (κ1) is 36.1. The Morgan fingerprint density at radius 1 is 0.889 bits per heavy atom. The van der Waals surface area contributed by atoms with Crippen molar-refractivity contribution in [3.05, 3.63) is 48.8 Å². The van der Waals surface area contributed by atoms with Gasteiger partial charge in [-0.2, -0.15) is 0 Å². The van der Waals surface area contributed by atoms with E-state index in [0.717, 1.165) is 43.9 Å². The molecule has 0 spiro atoms. The molecule has 1 fully saturated rings. The molecule has 1 aromatic heterocycles. The van der Waals surface area contributed by atoms with Crippen molar-refractivity contribution in [1.29, 1.82) is 0 Å². The van der Waals surface area contributed by atoms with Crippen LogP contribution in [-0.2, 0) is 28.0 Å². The van der Waals surface area contributed by atoms with Crippen LogP contribution in [0.4, 0.5) is 0 Å². The summed E-state index contributed by atoms with van der Waals surface area (Å²) in [5.74, 6) is 1.34. The lowest BCUT2D eigenvalue weighted by Gasteiger charge is -2.42. The summed E-state index contributed by atoms with van der Waals surface area (Å²) in [6, 6.07) is 5.70. The molecule has 0 aliphatic heterocycles. The molecule has 9 nitrogen and oxygen atoms in total. The Bertz CT molecular complexity index is 1230. The third-order valence-corrected chi connectivity index (χ3v) is 8.70. The van der Waals surface area contributed by atoms with Crippen molar-refractivity contribution < 1.29 is 41.8 Å². The standard InChI is InChI=1S/C35H50O9Si/c1-6-7-8-11-26-20-27(14-18-40-34(36)24(2)3)33(28(21-26)15-19-41-35(37)25(4)5)44-32-23-42-31-22-29(12-13-30(31)32)39-16-9-10-17-43-45-38/h12-13,22-23,26-28,33,45H,2,4,6-11,14-21H2,1,3,5H3. The molecule has 1 aliphatic carbocycles. The highest BCUT2D eigenvalue weighted by Gasteiger charge is 2.39. The van der Waals surface area contributed by atoms with E-state index in [4.69, 9.17) is 27.8 Å². The minimum Gasteiger partial charge on any atom is -0.526 e. The van der Waals surface area contributed by atoms with Crippen molar-refractivity contribution in [2.24, 2.45) is 17.8 Å². The smallest absolute Gasteiger partial charge is 0.487 e. The van der Waals surface area contributed by atoms with Crippen LogP contribution in [-0.4, -0.2) is 54.1 Å². The second kappa shape index (κ2) is 19.2. The van der Waals surface area contributed by atoms with Gasteiger partial charge >= 0.3 is 21.6 Å². The van der Waals surface area contributed by atoms with Gasteiger partial charge in [-0.25, -0.2) is 9.59 Å². The summed E-state index contributed by atoms with van der Waals surface area (Å²) in [7, 11) is -1.17. The van der Waals surface area contributed by atoms with Gasteiger partial charge in [-0.1, -0.05) is 45.8 Å². The summed E-state index contributed by atoms with van der Waals surface area (Å²) in [5, 5.41) is 0.846. The molecule has 1 aliphatic rings. The maximum Gasteiger partial charge on any atom is 0.487 e. The molecule has 3 rings (SSSR count). The number of fused-ring (bicyclic) bond motifs is 1. The Morgan fingerprint density at radius 2 is 1.53 bits per heavy atom. The van der Waals surface area contributed by atoms with Crippen molar-refractivity contribution in [3.8, 4) is 11.5 Å². The van der Waals surface area contributed by atoms with Gasteiger partial charge in [-0.15, -0.1) is 0 Å². The monoisotopic (exact) mass is 642 g/mol. The number of furan rings is 1. The second-order valence-electron chi connectivity index (χ2n) is 12.1. The Balaban J connectivity index is 1.78. The molecule has 1 saturated carbocycles. The normalized spacial score (nSPS) is 19.4. The Morgan fingerprint density at radius 3 is 2.13 bits per heavy atom. The SMILES string of the molecule is C=C(C)C(=O)OCCC1CC(CCCCC)CC(CCOC(=O)C(=C)C)C1Oc1coc2cc(OCCCCO[SiH]=O)ccc12. The largest absolute Gasteiger partial charge is 0.526 e. The van der Waals surface area contributed by atoms with Crippen LogP contribution in [0.1, 0.15) is 85.0 Å². The average Bonchev–Trinajstić information content (AvgIpc) is 3.41. The summed E-state index contributed by atoms with van der Waals surface area (Å²) in [6.45, 7) is 14.5. The van der Waals surface area contributed by atoms with Crippen molar-refractivity contribution in [2.75, 3.05) is 26.4 Å². The molecule has 45 heavy (non-hydrogen) atoms. The zero-order valence-corrected chi connectivity index (χ0v) is 28.3. The molecular formula is C35H50O9Si. The number of ether oxygens (including phenoxy) is 4. The maximum absolute atomic E-state index is 12.1. The van der Waals surface area contributed by atoms with E-state index in [1.165, 1.54) is 12.8 Å². The number of rotatable bonds is 21. The van der Waals surface area contributed by atoms with Crippen LogP contribution < -0.4 is 9.47 Å². The van der Waals surface area contributed by atoms with Gasteiger partial charge in [-0.3, -0.25) is 0 Å². The molecule has 2 unspecified atom stereocenters. The lowest BCUT2D eigenvalue weighted by atomic mass is 9.69. The number of benzene rings is 1. The topological polar surface area (TPSA) is 110 Å². The van der Waals surface area contributed by atoms with Gasteiger partial charge in [0, 0.05) is 17.2 Å². The number of carbonyl (C=O) groups is 2. The Kier molecular flexibility index (Phi) is 15.4. The van der Waals surface area contributed by atoms with Gasteiger partial charge in [0.25, 0.3) is 0 Å². The molecule has 0 radical (unpaired) electrons. The summed E-state index contributed by atoms with van der Waals surface area (Å²) in [4.78, 5) is 24.3. The van der Waals surface area contributed by atoms with Gasteiger partial charge in [0.2, 0.25) is 0 Å². The van der Waals surface area contributed by atoms with Crippen LogP contribution in [0.5, 0.6) is 11.5 Å². The lowest BCUT2D eigenvalue weighted by molar-refractivity contribution is -0.139. The summed E-state index contributed by atoms with van der Waals surface area (Å²) >= 11 is 0. The van der Waals surface area contributed by atoms with E-state index < -0.39 is 9.65 Å². The predicted molar refractivity (Wildman–Crippen MR) is 174 cm³/mol. The molecule has 2 atom stereocenters. The Labute approximate surface area is 269 Å². The highest BCUT2D eigenvalue weighted by atomic mass is 28.2. The van der Waals surface area contributed by atoms with Gasteiger partial charge < -0.3 is 32.3 Å². The maximum atomic E-state index is 12.1. The summed E-state index contributed by atoms with van der Waals surface area (Å²) in [6.07, 6.45) is 10.9. The fourth-order valence-electron chi connectivity index (χ4n) is 5.97. The first-order valence-corrected chi connectivity index (χ1v) is 17.2. The summed E-state index contributed by atoms with van der Waals surface area (Å²) < 4.78 is 45.0. The molecule has 1 heterocycles. The molecule has 10 heteroatoms. The number of hydrogen-bond acceptors (Lipinski definition) is 9.